The van der Waals surface area contributed by atoms with E-state index < -0.39 is 29.6 Å². The molecule has 0 aliphatic heterocycles. The maximum atomic E-state index is 12.4. The number of ether oxygens (including phenoxy) is 2. The number of halogens is 2. The highest BCUT2D eigenvalue weighted by atomic mass is 35.5. The van der Waals surface area contributed by atoms with Crippen molar-refractivity contribution < 1.29 is 19.1 Å². The Balaban J connectivity index is 1.70. The molecule has 0 radical (unpaired) electrons. The zero-order valence-corrected chi connectivity index (χ0v) is 18.0. The highest BCUT2D eigenvalue weighted by Gasteiger charge is 2.18. The lowest BCUT2D eigenvalue weighted by Gasteiger charge is -2.11. The lowest BCUT2D eigenvalue weighted by Crippen LogP contribution is -2.27. The Labute approximate surface area is 187 Å². The molecule has 0 atom stereocenters. The van der Waals surface area contributed by atoms with Crippen LogP contribution < -0.4 is 15.5 Å². The number of carbonyl (C=O) groups excluding carboxylic acids is 2. The first-order valence-electron chi connectivity index (χ1n) is 8.96. The van der Waals surface area contributed by atoms with Crippen molar-refractivity contribution in [2.24, 2.45) is 0 Å². The van der Waals surface area contributed by atoms with E-state index in [9.17, 15) is 14.4 Å². The summed E-state index contributed by atoms with van der Waals surface area (Å²) < 4.78 is 11.4. The molecule has 10 heteroatoms. The zero-order chi connectivity index (χ0) is 22.5. The summed E-state index contributed by atoms with van der Waals surface area (Å²) in [6.07, 6.45) is 0. The molecule has 0 spiro atoms. The van der Waals surface area contributed by atoms with Gasteiger partial charge in [-0.1, -0.05) is 23.2 Å². The van der Waals surface area contributed by atoms with Gasteiger partial charge in [0.1, 0.15) is 5.75 Å². The van der Waals surface area contributed by atoms with Crippen molar-refractivity contribution in [3.8, 4) is 11.4 Å². The van der Waals surface area contributed by atoms with Crippen LogP contribution in [0.3, 0.4) is 0 Å². The van der Waals surface area contributed by atoms with Crippen molar-refractivity contribution in [1.82, 2.24) is 9.78 Å². The van der Waals surface area contributed by atoms with Crippen LogP contribution >= 0.6 is 23.2 Å². The van der Waals surface area contributed by atoms with E-state index in [2.05, 4.69) is 10.4 Å². The highest BCUT2D eigenvalue weighted by molar-refractivity contribution is 6.32. The summed E-state index contributed by atoms with van der Waals surface area (Å²) in [4.78, 5) is 36.7. The van der Waals surface area contributed by atoms with Crippen molar-refractivity contribution in [3.05, 3.63) is 80.2 Å². The topological polar surface area (TPSA) is 99.5 Å². The number of rotatable bonds is 6. The van der Waals surface area contributed by atoms with Gasteiger partial charge in [0.2, 0.25) is 11.1 Å². The molecule has 0 aliphatic carbocycles. The number of nitrogens with zero attached hydrogens (tertiary/aromatic N) is 2. The van der Waals surface area contributed by atoms with Gasteiger partial charge in [0.25, 0.3) is 5.91 Å². The van der Waals surface area contributed by atoms with Gasteiger partial charge in [-0.05, 0) is 49.4 Å². The molecule has 2 aromatic carbocycles. The fraction of sp³-hybridized carbons (Fsp3) is 0.143. The van der Waals surface area contributed by atoms with E-state index in [-0.39, 0.29) is 0 Å². The number of nitrogens with one attached hydrogen (secondary N) is 1. The second-order valence-corrected chi connectivity index (χ2v) is 7.20. The molecule has 3 rings (SSSR count). The maximum absolute atomic E-state index is 12.4. The van der Waals surface area contributed by atoms with E-state index in [1.165, 1.54) is 23.9 Å². The van der Waals surface area contributed by atoms with Gasteiger partial charge in [0, 0.05) is 22.5 Å². The van der Waals surface area contributed by atoms with E-state index in [0.717, 1.165) is 0 Å². The number of carbonyl (C=O) groups is 2. The number of amides is 1. The summed E-state index contributed by atoms with van der Waals surface area (Å²) in [5.41, 5.74) is 0.449. The molecule has 0 bridgehead atoms. The Kier molecular flexibility index (Phi) is 6.94. The third kappa shape index (κ3) is 5.42. The number of anilines is 1. The molecular formula is C21H17Cl2N3O5. The molecule has 0 aliphatic rings. The van der Waals surface area contributed by atoms with Crippen molar-refractivity contribution in [2.45, 2.75) is 6.92 Å². The number of hydrogen-bond donors (Lipinski definition) is 1. The molecule has 1 heterocycles. The molecule has 0 fully saturated rings. The van der Waals surface area contributed by atoms with Crippen LogP contribution in [0.4, 0.5) is 5.69 Å². The summed E-state index contributed by atoms with van der Waals surface area (Å²) in [5, 5.41) is 7.47. The van der Waals surface area contributed by atoms with Crippen molar-refractivity contribution in [2.75, 3.05) is 19.0 Å². The third-order valence-electron chi connectivity index (χ3n) is 4.14. The Bertz CT molecular complexity index is 1190. The van der Waals surface area contributed by atoms with Crippen molar-refractivity contribution in [1.29, 1.82) is 0 Å². The fourth-order valence-corrected chi connectivity index (χ4v) is 3.06. The van der Waals surface area contributed by atoms with Gasteiger partial charge < -0.3 is 14.8 Å². The number of aromatic nitrogens is 2. The van der Waals surface area contributed by atoms with Crippen LogP contribution in [-0.4, -0.2) is 35.4 Å². The number of aryl methyl sites for hydroxylation is 1. The molecule has 1 amide bonds. The van der Waals surface area contributed by atoms with E-state index in [4.69, 9.17) is 32.7 Å². The standard InChI is InChI=1S/C21H17Cl2N3O5/c1-12-9-17(27)20(25-26(12)15-6-3-13(22)4-7-15)21(29)31-11-19(28)24-14-5-8-18(30-2)16(23)10-14/h3-10H,11H2,1-2H3,(H,24,28). The van der Waals surface area contributed by atoms with Crippen molar-refractivity contribution >= 4 is 40.8 Å². The van der Waals surface area contributed by atoms with Gasteiger partial charge in [-0.3, -0.25) is 9.59 Å². The van der Waals surface area contributed by atoms with E-state index >= 15 is 0 Å². The molecule has 0 saturated carbocycles. The molecule has 160 valence electrons. The summed E-state index contributed by atoms with van der Waals surface area (Å²) in [6, 6.07) is 12.6. The van der Waals surface area contributed by atoms with Gasteiger partial charge in [-0.15, -0.1) is 0 Å². The van der Waals surface area contributed by atoms with Crippen molar-refractivity contribution in [3.63, 3.8) is 0 Å². The predicted molar refractivity (Wildman–Crippen MR) is 116 cm³/mol. The largest absolute Gasteiger partial charge is 0.495 e. The minimum Gasteiger partial charge on any atom is -0.495 e. The summed E-state index contributed by atoms with van der Waals surface area (Å²) in [5.74, 6) is -1.18. The van der Waals surface area contributed by atoms with Crippen LogP contribution in [-0.2, 0) is 9.53 Å². The SMILES string of the molecule is COc1ccc(NC(=O)COC(=O)c2nn(-c3ccc(Cl)cc3)c(C)cc2=O)cc1Cl. The van der Waals surface area contributed by atoms with E-state index in [1.54, 1.807) is 43.3 Å². The quantitative estimate of drug-likeness (QED) is 0.562. The Morgan fingerprint density at radius 3 is 2.45 bits per heavy atom. The average molecular weight is 462 g/mol. The second-order valence-electron chi connectivity index (χ2n) is 6.36. The highest BCUT2D eigenvalue weighted by Crippen LogP contribution is 2.27. The van der Waals surface area contributed by atoms with Gasteiger partial charge in [0.15, 0.2) is 6.61 Å². The molecule has 0 saturated heterocycles. The first kappa shape index (κ1) is 22.3. The van der Waals surface area contributed by atoms with Crippen LogP contribution in [0.15, 0.2) is 53.3 Å². The number of methoxy groups -OCH3 is 1. The molecule has 3 aromatic rings. The molecule has 31 heavy (non-hydrogen) atoms. The lowest BCUT2D eigenvalue weighted by molar-refractivity contribution is -0.119. The lowest BCUT2D eigenvalue weighted by atomic mass is 10.3. The van der Waals surface area contributed by atoms with Crippen LogP contribution in [0.5, 0.6) is 5.75 Å². The van der Waals surface area contributed by atoms with E-state index in [0.29, 0.717) is 32.9 Å². The Hall–Kier alpha value is -3.36. The van der Waals surface area contributed by atoms with Crippen LogP contribution in [0.25, 0.3) is 5.69 Å². The van der Waals surface area contributed by atoms with Gasteiger partial charge >= 0.3 is 5.97 Å². The Morgan fingerprint density at radius 1 is 1.10 bits per heavy atom. The summed E-state index contributed by atoms with van der Waals surface area (Å²) in [6.45, 7) is 1.06. The predicted octanol–water partition coefficient (Wildman–Crippen LogP) is 3.65. The molecule has 1 aromatic heterocycles. The monoisotopic (exact) mass is 461 g/mol. The third-order valence-corrected chi connectivity index (χ3v) is 4.69. The number of benzene rings is 2. The molecular weight excluding hydrogens is 445 g/mol. The minimum absolute atomic E-state index is 0.309. The first-order valence-corrected chi connectivity index (χ1v) is 9.71. The Morgan fingerprint density at radius 2 is 1.81 bits per heavy atom. The van der Waals surface area contributed by atoms with Gasteiger partial charge in [-0.25, -0.2) is 9.48 Å². The molecule has 8 nitrogen and oxygen atoms in total. The normalized spacial score (nSPS) is 10.5. The van der Waals surface area contributed by atoms with Gasteiger partial charge in [0.05, 0.1) is 17.8 Å². The van der Waals surface area contributed by atoms with Gasteiger partial charge in [-0.2, -0.15) is 5.10 Å². The minimum atomic E-state index is -1.02. The maximum Gasteiger partial charge on any atom is 0.363 e. The fourth-order valence-electron chi connectivity index (χ4n) is 2.67. The molecule has 1 N–H and O–H groups in total. The first-order chi connectivity index (χ1) is 14.8. The number of hydrogen-bond acceptors (Lipinski definition) is 6. The summed E-state index contributed by atoms with van der Waals surface area (Å²) in [7, 11) is 1.47. The van der Waals surface area contributed by atoms with Crippen LogP contribution in [0.1, 0.15) is 16.2 Å². The zero-order valence-electron chi connectivity index (χ0n) is 16.5. The second kappa shape index (κ2) is 9.63. The summed E-state index contributed by atoms with van der Waals surface area (Å²) >= 11 is 11.9. The van der Waals surface area contributed by atoms with Crippen LogP contribution in [0.2, 0.25) is 10.0 Å². The average Bonchev–Trinajstić information content (AvgIpc) is 2.73. The van der Waals surface area contributed by atoms with E-state index in [1.807, 2.05) is 0 Å². The number of esters is 1. The molecule has 0 unspecified atom stereocenters. The smallest absolute Gasteiger partial charge is 0.363 e. The van der Waals surface area contributed by atoms with Crippen LogP contribution in [0, 0.1) is 6.92 Å².